The van der Waals surface area contributed by atoms with E-state index in [4.69, 9.17) is 0 Å². The van der Waals surface area contributed by atoms with Gasteiger partial charge in [0.1, 0.15) is 17.8 Å². The molecule has 2 atom stereocenters. The van der Waals surface area contributed by atoms with Crippen LogP contribution in [0.15, 0.2) is 0 Å². The fourth-order valence-corrected chi connectivity index (χ4v) is 3.71. The van der Waals surface area contributed by atoms with Crippen molar-refractivity contribution in [1.29, 1.82) is 0 Å². The first-order valence-corrected chi connectivity index (χ1v) is 10.9. The van der Waals surface area contributed by atoms with Gasteiger partial charge in [-0.25, -0.2) is 0 Å². The second-order valence-corrected chi connectivity index (χ2v) is 8.18. The molecule has 1 fully saturated rings. The summed E-state index contributed by atoms with van der Waals surface area (Å²) in [6, 6.07) is 0. The van der Waals surface area contributed by atoms with Crippen LogP contribution in [0.2, 0.25) is 0 Å². The lowest BCUT2D eigenvalue weighted by Crippen LogP contribution is -2.35. The fraction of sp³-hybridized carbons (Fsp3) is 0.864. The largest absolute Gasteiger partial charge is 0.373 e. The smallest absolute Gasteiger partial charge is 0.227 e. The number of unbranched alkanes of at least 4 members (excludes halogenated alkanes) is 9. The summed E-state index contributed by atoms with van der Waals surface area (Å²) in [5.74, 6) is 0.329. The SMILES string of the molecule is CC(=O)CCCCCCCCCCCCC(=O)CCN1C(=O)C(C)CC1O. The lowest BCUT2D eigenvalue weighted by atomic mass is 10.0. The van der Waals surface area contributed by atoms with Gasteiger partial charge in [0.25, 0.3) is 0 Å². The van der Waals surface area contributed by atoms with Gasteiger partial charge >= 0.3 is 0 Å². The normalized spacial score (nSPS) is 19.7. The highest BCUT2D eigenvalue weighted by atomic mass is 16.3. The second-order valence-electron chi connectivity index (χ2n) is 8.18. The molecule has 1 rings (SSSR count). The third-order valence-electron chi connectivity index (χ3n) is 5.49. The molecule has 156 valence electrons. The number of nitrogens with zero attached hydrogens (tertiary/aromatic N) is 1. The van der Waals surface area contributed by atoms with Crippen LogP contribution >= 0.6 is 0 Å². The van der Waals surface area contributed by atoms with Crippen molar-refractivity contribution < 1.29 is 19.5 Å². The molecule has 1 aliphatic heterocycles. The van der Waals surface area contributed by atoms with Crippen LogP contribution in [-0.2, 0) is 14.4 Å². The van der Waals surface area contributed by atoms with Crippen LogP contribution in [0.25, 0.3) is 0 Å². The maximum absolute atomic E-state index is 12.0. The van der Waals surface area contributed by atoms with Crippen LogP contribution < -0.4 is 0 Å². The van der Waals surface area contributed by atoms with E-state index in [1.54, 1.807) is 6.92 Å². The second kappa shape index (κ2) is 13.9. The summed E-state index contributed by atoms with van der Waals surface area (Å²) in [5.41, 5.74) is 0. The van der Waals surface area contributed by atoms with Crippen molar-refractivity contribution in [2.24, 2.45) is 5.92 Å². The molecule has 1 saturated heterocycles. The number of rotatable bonds is 16. The minimum atomic E-state index is -0.713. The molecule has 0 radical (unpaired) electrons. The Kier molecular flexibility index (Phi) is 12.2. The molecule has 1 heterocycles. The van der Waals surface area contributed by atoms with Gasteiger partial charge < -0.3 is 14.8 Å². The van der Waals surface area contributed by atoms with Crippen LogP contribution in [0.1, 0.15) is 104 Å². The highest BCUT2D eigenvalue weighted by Gasteiger charge is 2.35. The molecule has 0 saturated carbocycles. The highest BCUT2D eigenvalue weighted by Crippen LogP contribution is 2.22. The average Bonchev–Trinajstić information content (AvgIpc) is 2.85. The van der Waals surface area contributed by atoms with Crippen molar-refractivity contribution in [2.75, 3.05) is 6.54 Å². The van der Waals surface area contributed by atoms with E-state index in [0.717, 1.165) is 25.7 Å². The lowest BCUT2D eigenvalue weighted by Gasteiger charge is -2.19. The number of aliphatic hydroxyl groups excluding tert-OH is 1. The maximum atomic E-state index is 12.0. The lowest BCUT2D eigenvalue weighted by molar-refractivity contribution is -0.135. The van der Waals surface area contributed by atoms with Gasteiger partial charge in [0.2, 0.25) is 5.91 Å². The molecular weight excluding hydrogens is 342 g/mol. The minimum Gasteiger partial charge on any atom is -0.373 e. The zero-order valence-corrected chi connectivity index (χ0v) is 17.4. The van der Waals surface area contributed by atoms with Gasteiger partial charge in [0, 0.05) is 38.1 Å². The van der Waals surface area contributed by atoms with Crippen molar-refractivity contribution in [3.8, 4) is 0 Å². The summed E-state index contributed by atoms with van der Waals surface area (Å²) in [4.78, 5) is 36.1. The van der Waals surface area contributed by atoms with Gasteiger partial charge in [0.05, 0.1) is 0 Å². The van der Waals surface area contributed by atoms with E-state index < -0.39 is 6.23 Å². The molecule has 0 aromatic carbocycles. The van der Waals surface area contributed by atoms with Crippen molar-refractivity contribution in [3.63, 3.8) is 0 Å². The number of ketones is 2. The quantitative estimate of drug-likeness (QED) is 0.402. The standard InChI is InChI=1S/C22H39NO4/c1-18-17-21(26)23(22(18)27)16-15-20(25)14-12-10-8-6-4-3-5-7-9-11-13-19(2)24/h18,21,26H,3-17H2,1-2H3. The van der Waals surface area contributed by atoms with Gasteiger partial charge in [-0.2, -0.15) is 0 Å². The molecule has 0 bridgehead atoms. The number of likely N-dealkylation sites (tertiary alicyclic amines) is 1. The van der Waals surface area contributed by atoms with Crippen LogP contribution in [0.4, 0.5) is 0 Å². The van der Waals surface area contributed by atoms with E-state index in [9.17, 15) is 19.5 Å². The molecule has 0 spiro atoms. The van der Waals surface area contributed by atoms with Gasteiger partial charge in [-0.1, -0.05) is 58.3 Å². The van der Waals surface area contributed by atoms with Crippen LogP contribution in [-0.4, -0.2) is 40.3 Å². The maximum Gasteiger partial charge on any atom is 0.227 e. The van der Waals surface area contributed by atoms with Crippen molar-refractivity contribution in [2.45, 2.75) is 110 Å². The van der Waals surface area contributed by atoms with E-state index in [0.29, 0.717) is 31.6 Å². The molecule has 0 aromatic heterocycles. The molecular formula is C22H39NO4. The summed E-state index contributed by atoms with van der Waals surface area (Å²) in [6.45, 7) is 3.84. The minimum absolute atomic E-state index is 0.0332. The highest BCUT2D eigenvalue weighted by molar-refractivity contribution is 5.82. The summed E-state index contributed by atoms with van der Waals surface area (Å²) >= 11 is 0. The molecule has 5 heteroatoms. The van der Waals surface area contributed by atoms with Gasteiger partial charge in [0.15, 0.2) is 0 Å². The number of Topliss-reactive ketones (excluding diaryl/α,β-unsaturated/α-hetero) is 2. The van der Waals surface area contributed by atoms with Crippen molar-refractivity contribution in [1.82, 2.24) is 4.90 Å². The number of aliphatic hydroxyl groups is 1. The van der Waals surface area contributed by atoms with Crippen LogP contribution in [0.5, 0.6) is 0 Å². The summed E-state index contributed by atoms with van der Waals surface area (Å²) in [7, 11) is 0. The summed E-state index contributed by atoms with van der Waals surface area (Å²) in [6.07, 6.45) is 13.1. The van der Waals surface area contributed by atoms with E-state index >= 15 is 0 Å². The van der Waals surface area contributed by atoms with Crippen molar-refractivity contribution >= 4 is 17.5 Å². The molecule has 5 nitrogen and oxygen atoms in total. The molecule has 0 aliphatic carbocycles. The molecule has 1 amide bonds. The Bertz CT molecular complexity index is 463. The van der Waals surface area contributed by atoms with Crippen LogP contribution in [0, 0.1) is 5.92 Å². The van der Waals surface area contributed by atoms with Crippen LogP contribution in [0.3, 0.4) is 0 Å². The Morgan fingerprint density at radius 3 is 1.81 bits per heavy atom. The average molecular weight is 382 g/mol. The van der Waals surface area contributed by atoms with Gasteiger partial charge in [-0.3, -0.25) is 9.59 Å². The molecule has 1 aliphatic rings. The zero-order valence-electron chi connectivity index (χ0n) is 17.4. The predicted molar refractivity (Wildman–Crippen MR) is 107 cm³/mol. The van der Waals surface area contributed by atoms with E-state index in [1.165, 1.54) is 49.8 Å². The van der Waals surface area contributed by atoms with Gasteiger partial charge in [-0.05, 0) is 19.8 Å². The third kappa shape index (κ3) is 10.6. The molecule has 2 unspecified atom stereocenters. The summed E-state index contributed by atoms with van der Waals surface area (Å²) in [5, 5.41) is 9.82. The number of carbonyl (C=O) groups is 3. The Labute approximate surface area is 164 Å². The topological polar surface area (TPSA) is 74.7 Å². The van der Waals surface area contributed by atoms with E-state index in [1.807, 2.05) is 6.92 Å². The van der Waals surface area contributed by atoms with Gasteiger partial charge in [-0.15, -0.1) is 0 Å². The number of carbonyl (C=O) groups excluding carboxylic acids is 3. The molecule has 1 N–H and O–H groups in total. The first-order chi connectivity index (χ1) is 12.9. The Balaban J connectivity index is 1.88. The molecule has 0 aromatic rings. The fourth-order valence-electron chi connectivity index (χ4n) is 3.71. The summed E-state index contributed by atoms with van der Waals surface area (Å²) < 4.78 is 0. The molecule has 27 heavy (non-hydrogen) atoms. The zero-order chi connectivity index (χ0) is 20.1. The monoisotopic (exact) mass is 381 g/mol. The van der Waals surface area contributed by atoms with E-state index in [2.05, 4.69) is 0 Å². The number of hydrogen-bond acceptors (Lipinski definition) is 4. The number of hydrogen-bond donors (Lipinski definition) is 1. The predicted octanol–water partition coefficient (Wildman–Crippen LogP) is 4.40. The third-order valence-corrected chi connectivity index (χ3v) is 5.49. The Morgan fingerprint density at radius 1 is 0.889 bits per heavy atom. The van der Waals surface area contributed by atoms with Crippen molar-refractivity contribution in [3.05, 3.63) is 0 Å². The van der Waals surface area contributed by atoms with E-state index in [-0.39, 0.29) is 17.6 Å². The number of amides is 1. The Hall–Kier alpha value is -1.23. The first kappa shape index (κ1) is 23.8. The Morgan fingerprint density at radius 2 is 1.37 bits per heavy atom. The first-order valence-electron chi connectivity index (χ1n) is 10.9.